The summed E-state index contributed by atoms with van der Waals surface area (Å²) in [5.41, 5.74) is 1.91. The Bertz CT molecular complexity index is 340. The van der Waals surface area contributed by atoms with Crippen molar-refractivity contribution in [3.05, 3.63) is 29.6 Å². The Morgan fingerprint density at radius 1 is 1.50 bits per heavy atom. The zero-order chi connectivity index (χ0) is 10.1. The molecule has 3 heteroatoms. The predicted octanol–water partition coefficient (Wildman–Crippen LogP) is 2.72. The van der Waals surface area contributed by atoms with Gasteiger partial charge in [0.15, 0.2) is 0 Å². The van der Waals surface area contributed by atoms with Crippen molar-refractivity contribution < 1.29 is 9.13 Å². The van der Waals surface area contributed by atoms with Gasteiger partial charge in [0.25, 0.3) is 0 Å². The summed E-state index contributed by atoms with van der Waals surface area (Å²) in [7, 11) is 1.66. The Balaban J connectivity index is 2.41. The van der Waals surface area contributed by atoms with E-state index < -0.39 is 0 Å². The van der Waals surface area contributed by atoms with Crippen molar-refractivity contribution in [1.82, 2.24) is 0 Å². The first kappa shape index (κ1) is 9.46. The molecule has 2 atom stereocenters. The van der Waals surface area contributed by atoms with Gasteiger partial charge in [-0.3, -0.25) is 0 Å². The highest BCUT2D eigenvalue weighted by molar-refractivity contribution is 5.55. The number of benzene rings is 1. The zero-order valence-corrected chi connectivity index (χ0v) is 8.38. The summed E-state index contributed by atoms with van der Waals surface area (Å²) in [5, 5.41) is 3.30. The van der Waals surface area contributed by atoms with Crippen molar-refractivity contribution in [3.8, 4) is 0 Å². The third-order valence-electron chi connectivity index (χ3n) is 2.61. The second-order valence-electron chi connectivity index (χ2n) is 3.74. The summed E-state index contributed by atoms with van der Waals surface area (Å²) >= 11 is 0. The van der Waals surface area contributed by atoms with Gasteiger partial charge in [-0.05, 0) is 31.5 Å². The van der Waals surface area contributed by atoms with Gasteiger partial charge >= 0.3 is 0 Å². The number of methoxy groups -OCH3 is 1. The van der Waals surface area contributed by atoms with Crippen LogP contribution in [0, 0.1) is 5.82 Å². The lowest BCUT2D eigenvalue weighted by Gasteiger charge is -2.30. The number of fused-ring (bicyclic) bond motifs is 1. The zero-order valence-electron chi connectivity index (χ0n) is 8.38. The van der Waals surface area contributed by atoms with Crippen LogP contribution in [0.25, 0.3) is 0 Å². The van der Waals surface area contributed by atoms with Gasteiger partial charge in [-0.1, -0.05) is 0 Å². The second kappa shape index (κ2) is 3.58. The van der Waals surface area contributed by atoms with E-state index in [1.807, 2.05) is 0 Å². The van der Waals surface area contributed by atoms with Gasteiger partial charge in [0, 0.05) is 24.4 Å². The Hall–Kier alpha value is -1.09. The number of rotatable bonds is 1. The van der Waals surface area contributed by atoms with Crippen molar-refractivity contribution in [2.24, 2.45) is 0 Å². The fourth-order valence-electron chi connectivity index (χ4n) is 1.93. The van der Waals surface area contributed by atoms with Gasteiger partial charge in [-0.2, -0.15) is 0 Å². The molecule has 0 fully saturated rings. The number of hydrogen-bond donors (Lipinski definition) is 1. The molecule has 0 aliphatic carbocycles. The van der Waals surface area contributed by atoms with Gasteiger partial charge in [-0.25, -0.2) is 4.39 Å². The molecule has 1 aliphatic heterocycles. The number of ether oxygens (including phenoxy) is 1. The molecule has 2 nitrogen and oxygen atoms in total. The molecular weight excluding hydrogens is 181 g/mol. The largest absolute Gasteiger partial charge is 0.382 e. The molecule has 2 unspecified atom stereocenters. The van der Waals surface area contributed by atoms with Crippen LogP contribution < -0.4 is 5.32 Å². The molecule has 0 aromatic heterocycles. The van der Waals surface area contributed by atoms with E-state index in [1.54, 1.807) is 19.2 Å². The summed E-state index contributed by atoms with van der Waals surface area (Å²) in [6, 6.07) is 5.16. The topological polar surface area (TPSA) is 21.3 Å². The summed E-state index contributed by atoms with van der Waals surface area (Å²) in [6.07, 6.45) is 0.893. The summed E-state index contributed by atoms with van der Waals surface area (Å²) in [5.74, 6) is -0.206. The van der Waals surface area contributed by atoms with Crippen LogP contribution in [0.4, 0.5) is 10.1 Å². The van der Waals surface area contributed by atoms with E-state index >= 15 is 0 Å². The highest BCUT2D eigenvalue weighted by atomic mass is 19.1. The van der Waals surface area contributed by atoms with Crippen LogP contribution in [0.15, 0.2) is 18.2 Å². The summed E-state index contributed by atoms with van der Waals surface area (Å²) < 4.78 is 18.4. The monoisotopic (exact) mass is 195 g/mol. The third kappa shape index (κ3) is 1.60. The van der Waals surface area contributed by atoms with Crippen LogP contribution in [0.5, 0.6) is 0 Å². The van der Waals surface area contributed by atoms with Gasteiger partial charge < -0.3 is 10.1 Å². The lowest BCUT2D eigenvalue weighted by Crippen LogP contribution is -2.26. The average molecular weight is 195 g/mol. The second-order valence-corrected chi connectivity index (χ2v) is 3.74. The van der Waals surface area contributed by atoms with Gasteiger partial charge in [0.1, 0.15) is 5.82 Å². The van der Waals surface area contributed by atoms with Gasteiger partial charge in [0.05, 0.1) is 6.10 Å². The highest BCUT2D eigenvalue weighted by Crippen LogP contribution is 2.34. The number of nitrogens with one attached hydrogen (secondary N) is 1. The first-order valence-electron chi connectivity index (χ1n) is 4.79. The Labute approximate surface area is 83.1 Å². The molecule has 0 spiro atoms. The predicted molar refractivity (Wildman–Crippen MR) is 53.9 cm³/mol. The number of hydrogen-bond acceptors (Lipinski definition) is 2. The lowest BCUT2D eigenvalue weighted by atomic mass is 9.96. The molecule has 0 saturated heterocycles. The maximum absolute atomic E-state index is 13.0. The number of anilines is 1. The van der Waals surface area contributed by atoms with Crippen LogP contribution in [-0.2, 0) is 4.74 Å². The first-order valence-corrected chi connectivity index (χ1v) is 4.79. The van der Waals surface area contributed by atoms with Gasteiger partial charge in [0.2, 0.25) is 0 Å². The van der Waals surface area contributed by atoms with E-state index in [4.69, 9.17) is 4.74 Å². The fourth-order valence-corrected chi connectivity index (χ4v) is 1.93. The molecule has 1 aliphatic rings. The Morgan fingerprint density at radius 3 is 3.00 bits per heavy atom. The summed E-state index contributed by atoms with van der Waals surface area (Å²) in [6.45, 7) is 2.10. The molecule has 0 bridgehead atoms. The van der Waals surface area contributed by atoms with Crippen molar-refractivity contribution in [3.63, 3.8) is 0 Å². The van der Waals surface area contributed by atoms with Crippen LogP contribution in [0.2, 0.25) is 0 Å². The molecule has 2 rings (SSSR count). The van der Waals surface area contributed by atoms with Crippen LogP contribution in [0.3, 0.4) is 0 Å². The first-order chi connectivity index (χ1) is 6.70. The minimum Gasteiger partial charge on any atom is -0.382 e. The maximum Gasteiger partial charge on any atom is 0.123 e. The van der Waals surface area contributed by atoms with Crippen LogP contribution in [-0.4, -0.2) is 13.2 Å². The van der Waals surface area contributed by atoms with Crippen LogP contribution in [0.1, 0.15) is 25.0 Å². The van der Waals surface area contributed by atoms with Crippen molar-refractivity contribution in [2.75, 3.05) is 12.4 Å². The van der Waals surface area contributed by atoms with E-state index in [2.05, 4.69) is 12.2 Å². The standard InChI is InChI=1S/C11H14FNO/c1-7-5-11(14-2)9-6-8(12)3-4-10(9)13-7/h3-4,6-7,11,13H,5H2,1-2H3. The molecule has 0 amide bonds. The Kier molecular flexibility index (Phi) is 2.42. The SMILES string of the molecule is COC1CC(C)Nc2ccc(F)cc21. The normalized spacial score (nSPS) is 25.4. The molecule has 76 valence electrons. The highest BCUT2D eigenvalue weighted by Gasteiger charge is 2.23. The molecule has 0 saturated carbocycles. The molecular formula is C11H14FNO. The van der Waals surface area contributed by atoms with Crippen molar-refractivity contribution in [1.29, 1.82) is 0 Å². The van der Waals surface area contributed by atoms with Crippen molar-refractivity contribution >= 4 is 5.69 Å². The van der Waals surface area contributed by atoms with E-state index in [1.165, 1.54) is 6.07 Å². The number of halogens is 1. The molecule has 1 heterocycles. The van der Waals surface area contributed by atoms with Gasteiger partial charge in [-0.15, -0.1) is 0 Å². The molecule has 1 aromatic carbocycles. The van der Waals surface area contributed by atoms with E-state index in [-0.39, 0.29) is 11.9 Å². The summed E-state index contributed by atoms with van der Waals surface area (Å²) in [4.78, 5) is 0. The average Bonchev–Trinajstić information content (AvgIpc) is 2.17. The smallest absolute Gasteiger partial charge is 0.123 e. The minimum atomic E-state index is -0.206. The quantitative estimate of drug-likeness (QED) is 0.744. The van der Waals surface area contributed by atoms with E-state index in [0.717, 1.165) is 17.7 Å². The third-order valence-corrected chi connectivity index (χ3v) is 2.61. The molecule has 1 N–H and O–H groups in total. The molecule has 0 radical (unpaired) electrons. The van der Waals surface area contributed by atoms with Crippen LogP contribution >= 0.6 is 0 Å². The molecule has 14 heavy (non-hydrogen) atoms. The fraction of sp³-hybridized carbons (Fsp3) is 0.455. The Morgan fingerprint density at radius 2 is 2.29 bits per heavy atom. The van der Waals surface area contributed by atoms with E-state index in [9.17, 15) is 4.39 Å². The minimum absolute atomic E-state index is 0.0111. The van der Waals surface area contributed by atoms with E-state index in [0.29, 0.717) is 6.04 Å². The maximum atomic E-state index is 13.0. The van der Waals surface area contributed by atoms with Crippen molar-refractivity contribution in [2.45, 2.75) is 25.5 Å². The lowest BCUT2D eigenvalue weighted by molar-refractivity contribution is 0.0892. The molecule has 1 aromatic rings.